The third-order valence-electron chi connectivity index (χ3n) is 6.21. The molecule has 2 N–H and O–H groups in total. The molecule has 0 bridgehead atoms. The van der Waals surface area contributed by atoms with Crippen molar-refractivity contribution < 1.29 is 18.7 Å². The van der Waals surface area contributed by atoms with Gasteiger partial charge in [-0.05, 0) is 49.4 Å². The van der Waals surface area contributed by atoms with E-state index in [4.69, 9.17) is 4.74 Å². The number of nitrogens with one attached hydrogen (secondary N) is 2. The molecule has 1 atom stereocenters. The van der Waals surface area contributed by atoms with Gasteiger partial charge in [0, 0.05) is 44.8 Å². The quantitative estimate of drug-likeness (QED) is 0.459. The zero-order chi connectivity index (χ0) is 25.3. The SMILES string of the molecule is CC(C(=O)Nc1cccc(F)c1)N1CCN(CCC(=O)Nc2ccccc2Oc2ccccc2)CC1. The maximum absolute atomic E-state index is 13.4. The fourth-order valence-electron chi connectivity index (χ4n) is 4.10. The molecule has 0 spiro atoms. The summed E-state index contributed by atoms with van der Waals surface area (Å²) in [4.78, 5) is 29.5. The molecule has 0 aliphatic carbocycles. The average molecular weight is 491 g/mol. The van der Waals surface area contributed by atoms with E-state index in [1.165, 1.54) is 12.1 Å². The largest absolute Gasteiger partial charge is 0.455 e. The standard InChI is InChI=1S/C28H31FN4O3/c1-21(28(35)30-23-9-7-8-22(29)20-23)33-18-16-32(17-19-33)15-14-27(34)31-25-12-5-6-13-26(25)36-24-10-3-2-4-11-24/h2-13,20-21H,14-19H2,1H3,(H,30,35)(H,31,34). The highest BCUT2D eigenvalue weighted by Gasteiger charge is 2.26. The number of amides is 2. The van der Waals surface area contributed by atoms with E-state index in [9.17, 15) is 14.0 Å². The summed E-state index contributed by atoms with van der Waals surface area (Å²) < 4.78 is 19.3. The van der Waals surface area contributed by atoms with E-state index in [1.54, 1.807) is 12.1 Å². The molecule has 1 heterocycles. The number of piperazine rings is 1. The van der Waals surface area contributed by atoms with E-state index in [1.807, 2.05) is 61.5 Å². The van der Waals surface area contributed by atoms with Gasteiger partial charge in [0.15, 0.2) is 5.75 Å². The monoisotopic (exact) mass is 490 g/mol. The van der Waals surface area contributed by atoms with Gasteiger partial charge in [-0.2, -0.15) is 0 Å². The van der Waals surface area contributed by atoms with Crippen LogP contribution in [0.3, 0.4) is 0 Å². The molecule has 1 aliphatic rings. The number of halogens is 1. The molecule has 3 aromatic rings. The number of rotatable bonds is 9. The smallest absolute Gasteiger partial charge is 0.241 e. The van der Waals surface area contributed by atoms with E-state index in [-0.39, 0.29) is 23.7 Å². The molecule has 0 saturated carbocycles. The highest BCUT2D eigenvalue weighted by Crippen LogP contribution is 2.29. The Morgan fingerprint density at radius 1 is 0.917 bits per heavy atom. The van der Waals surface area contributed by atoms with E-state index in [0.717, 1.165) is 13.1 Å². The lowest BCUT2D eigenvalue weighted by Gasteiger charge is -2.37. The lowest BCUT2D eigenvalue weighted by atomic mass is 10.2. The second-order valence-electron chi connectivity index (χ2n) is 8.76. The number of anilines is 2. The van der Waals surface area contributed by atoms with E-state index < -0.39 is 0 Å². The number of ether oxygens (including phenoxy) is 1. The third-order valence-corrected chi connectivity index (χ3v) is 6.21. The number of hydrogen-bond acceptors (Lipinski definition) is 5. The van der Waals surface area contributed by atoms with E-state index in [0.29, 0.717) is 48.9 Å². The van der Waals surface area contributed by atoms with Crippen LogP contribution in [-0.4, -0.2) is 60.4 Å². The van der Waals surface area contributed by atoms with Crippen LogP contribution in [0.5, 0.6) is 11.5 Å². The molecule has 8 heteroatoms. The number of para-hydroxylation sites is 3. The minimum absolute atomic E-state index is 0.0793. The predicted octanol–water partition coefficient (Wildman–Crippen LogP) is 4.59. The van der Waals surface area contributed by atoms with Crippen molar-refractivity contribution in [2.45, 2.75) is 19.4 Å². The van der Waals surface area contributed by atoms with Crippen molar-refractivity contribution in [2.24, 2.45) is 0 Å². The topological polar surface area (TPSA) is 73.9 Å². The molecule has 7 nitrogen and oxygen atoms in total. The van der Waals surface area contributed by atoms with Gasteiger partial charge in [-0.3, -0.25) is 14.5 Å². The van der Waals surface area contributed by atoms with Gasteiger partial charge in [0.25, 0.3) is 0 Å². The minimum atomic E-state index is -0.384. The third kappa shape index (κ3) is 7.13. The van der Waals surface area contributed by atoms with Crippen molar-refractivity contribution in [2.75, 3.05) is 43.4 Å². The lowest BCUT2D eigenvalue weighted by molar-refractivity contribution is -0.121. The van der Waals surface area contributed by atoms with Crippen LogP contribution in [0, 0.1) is 5.82 Å². The number of carbonyl (C=O) groups is 2. The van der Waals surface area contributed by atoms with Gasteiger partial charge in [-0.15, -0.1) is 0 Å². The summed E-state index contributed by atoms with van der Waals surface area (Å²) in [7, 11) is 0. The van der Waals surface area contributed by atoms with Gasteiger partial charge in [0.05, 0.1) is 11.7 Å². The maximum atomic E-state index is 13.4. The first-order chi connectivity index (χ1) is 17.5. The Bertz CT molecular complexity index is 1170. The molecule has 36 heavy (non-hydrogen) atoms. The van der Waals surface area contributed by atoms with Crippen LogP contribution in [0.25, 0.3) is 0 Å². The first-order valence-electron chi connectivity index (χ1n) is 12.1. The molecule has 0 aromatic heterocycles. The zero-order valence-corrected chi connectivity index (χ0v) is 20.3. The van der Waals surface area contributed by atoms with Crippen LogP contribution in [0.4, 0.5) is 15.8 Å². The summed E-state index contributed by atoms with van der Waals surface area (Å²) in [6.45, 7) is 5.44. The Morgan fingerprint density at radius 2 is 1.64 bits per heavy atom. The van der Waals surface area contributed by atoms with Crippen molar-refractivity contribution in [1.82, 2.24) is 9.80 Å². The van der Waals surface area contributed by atoms with E-state index in [2.05, 4.69) is 20.4 Å². The van der Waals surface area contributed by atoms with Gasteiger partial charge < -0.3 is 20.3 Å². The Kier molecular flexibility index (Phi) is 8.65. The molecule has 1 saturated heterocycles. The fourth-order valence-corrected chi connectivity index (χ4v) is 4.10. The summed E-state index contributed by atoms with van der Waals surface area (Å²) in [5.41, 5.74) is 1.08. The average Bonchev–Trinajstić information content (AvgIpc) is 2.89. The first-order valence-corrected chi connectivity index (χ1v) is 12.1. The van der Waals surface area contributed by atoms with Crippen LogP contribution in [0.15, 0.2) is 78.9 Å². The normalized spacial score (nSPS) is 15.2. The van der Waals surface area contributed by atoms with Crippen molar-refractivity contribution in [3.63, 3.8) is 0 Å². The number of hydrogen-bond donors (Lipinski definition) is 2. The molecule has 1 fully saturated rings. The zero-order valence-electron chi connectivity index (χ0n) is 20.3. The van der Waals surface area contributed by atoms with Gasteiger partial charge in [0.2, 0.25) is 11.8 Å². The van der Waals surface area contributed by atoms with Gasteiger partial charge >= 0.3 is 0 Å². The van der Waals surface area contributed by atoms with Gasteiger partial charge in [0.1, 0.15) is 11.6 Å². The summed E-state index contributed by atoms with van der Waals surface area (Å²) in [6.07, 6.45) is 0.356. The second-order valence-corrected chi connectivity index (χ2v) is 8.76. The molecule has 188 valence electrons. The fraction of sp³-hybridized carbons (Fsp3) is 0.286. The highest BCUT2D eigenvalue weighted by atomic mass is 19.1. The lowest BCUT2D eigenvalue weighted by Crippen LogP contribution is -2.53. The molecule has 1 aliphatic heterocycles. The minimum Gasteiger partial charge on any atom is -0.455 e. The van der Waals surface area contributed by atoms with Crippen molar-refractivity contribution >= 4 is 23.2 Å². The summed E-state index contributed by atoms with van der Waals surface area (Å²) in [6, 6.07) is 22.4. The number of benzene rings is 3. The van der Waals surface area contributed by atoms with Crippen molar-refractivity contribution in [3.05, 3.63) is 84.7 Å². The first kappa shape index (κ1) is 25.3. The van der Waals surface area contributed by atoms with Crippen LogP contribution >= 0.6 is 0 Å². The maximum Gasteiger partial charge on any atom is 0.241 e. The van der Waals surface area contributed by atoms with Crippen LogP contribution < -0.4 is 15.4 Å². The number of nitrogens with zero attached hydrogens (tertiary/aromatic N) is 2. The molecule has 0 radical (unpaired) electrons. The molecule has 1 unspecified atom stereocenters. The summed E-state index contributed by atoms with van der Waals surface area (Å²) >= 11 is 0. The van der Waals surface area contributed by atoms with Crippen LogP contribution in [0.1, 0.15) is 13.3 Å². The highest BCUT2D eigenvalue weighted by molar-refractivity contribution is 5.94. The van der Waals surface area contributed by atoms with Gasteiger partial charge in [-0.25, -0.2) is 4.39 Å². The number of carbonyl (C=O) groups excluding carboxylic acids is 2. The van der Waals surface area contributed by atoms with Crippen molar-refractivity contribution in [3.8, 4) is 11.5 Å². The molecule has 3 aromatic carbocycles. The Hall–Kier alpha value is -3.75. The predicted molar refractivity (Wildman–Crippen MR) is 139 cm³/mol. The molecular formula is C28H31FN4O3. The van der Waals surface area contributed by atoms with Crippen LogP contribution in [0.2, 0.25) is 0 Å². The summed E-state index contributed by atoms with van der Waals surface area (Å²) in [5.74, 6) is 0.673. The van der Waals surface area contributed by atoms with Gasteiger partial charge in [-0.1, -0.05) is 36.4 Å². The molecular weight excluding hydrogens is 459 g/mol. The molecule has 2 amide bonds. The second kappa shape index (κ2) is 12.3. The van der Waals surface area contributed by atoms with Crippen molar-refractivity contribution in [1.29, 1.82) is 0 Å². The van der Waals surface area contributed by atoms with Crippen LogP contribution in [-0.2, 0) is 9.59 Å². The Balaban J connectivity index is 1.21. The summed E-state index contributed by atoms with van der Waals surface area (Å²) in [5, 5.41) is 5.74. The Morgan fingerprint density at radius 3 is 2.39 bits per heavy atom. The van der Waals surface area contributed by atoms with E-state index >= 15 is 0 Å². The molecule has 4 rings (SSSR count). The Labute approximate surface area is 210 Å².